The number of carbonyl (C=O) groups excluding carboxylic acids is 1. The fraction of sp³-hybridized carbons (Fsp3) is 0.105. The van der Waals surface area contributed by atoms with Gasteiger partial charge >= 0.3 is 0 Å². The molecule has 9 heteroatoms. The van der Waals surface area contributed by atoms with Crippen molar-refractivity contribution in [3.8, 4) is 17.0 Å². The summed E-state index contributed by atoms with van der Waals surface area (Å²) in [5, 5.41) is 5.77. The van der Waals surface area contributed by atoms with Crippen molar-refractivity contribution in [2.45, 2.75) is 6.42 Å². The first-order chi connectivity index (χ1) is 13.5. The average molecular weight is 401 g/mol. The topological polar surface area (TPSA) is 96.1 Å². The highest BCUT2D eigenvalue weighted by Gasteiger charge is 2.23. The summed E-state index contributed by atoms with van der Waals surface area (Å²) in [6.07, 6.45) is 1.75. The van der Waals surface area contributed by atoms with Crippen molar-refractivity contribution >= 4 is 34.7 Å². The van der Waals surface area contributed by atoms with E-state index in [9.17, 15) is 14.0 Å². The van der Waals surface area contributed by atoms with Gasteiger partial charge in [-0.1, -0.05) is 17.7 Å². The maximum atomic E-state index is 13.5. The molecule has 142 valence electrons. The van der Waals surface area contributed by atoms with E-state index in [0.717, 1.165) is 0 Å². The van der Waals surface area contributed by atoms with Crippen LogP contribution >= 0.6 is 11.6 Å². The number of aromatic amines is 1. The summed E-state index contributed by atoms with van der Waals surface area (Å²) in [4.78, 5) is 30.9. The molecule has 3 N–H and O–H groups in total. The summed E-state index contributed by atoms with van der Waals surface area (Å²) in [6, 6.07) is 7.34. The fourth-order valence-corrected chi connectivity index (χ4v) is 3.20. The number of rotatable bonds is 4. The Labute approximate surface area is 163 Å². The summed E-state index contributed by atoms with van der Waals surface area (Å²) >= 11 is 5.85. The predicted octanol–water partition coefficient (Wildman–Crippen LogP) is 3.48. The number of hydrogen-bond donors (Lipinski definition) is 3. The van der Waals surface area contributed by atoms with Crippen LogP contribution in [0, 0.1) is 5.82 Å². The molecule has 0 fully saturated rings. The van der Waals surface area contributed by atoms with Crippen molar-refractivity contribution in [2.75, 3.05) is 17.7 Å². The molecule has 2 aromatic heterocycles. The first kappa shape index (κ1) is 18.0. The Morgan fingerprint density at radius 3 is 2.79 bits per heavy atom. The molecule has 28 heavy (non-hydrogen) atoms. The monoisotopic (exact) mass is 400 g/mol. The average Bonchev–Trinajstić information content (AvgIpc) is 3.06. The third kappa shape index (κ3) is 3.18. The molecule has 0 radical (unpaired) electrons. The van der Waals surface area contributed by atoms with Crippen molar-refractivity contribution in [3.63, 3.8) is 0 Å². The van der Waals surface area contributed by atoms with Gasteiger partial charge in [0.25, 0.3) is 5.56 Å². The number of carbonyl (C=O) groups is 1. The Bertz CT molecular complexity index is 1160. The van der Waals surface area contributed by atoms with Crippen molar-refractivity contribution in [1.29, 1.82) is 0 Å². The van der Waals surface area contributed by atoms with Crippen LogP contribution in [0.1, 0.15) is 5.56 Å². The molecule has 4 rings (SSSR count). The number of fused-ring (bicyclic) bond motifs is 1. The molecule has 0 saturated heterocycles. The van der Waals surface area contributed by atoms with E-state index < -0.39 is 11.4 Å². The van der Waals surface area contributed by atoms with Gasteiger partial charge in [-0.15, -0.1) is 0 Å². The third-order valence-corrected chi connectivity index (χ3v) is 4.65. The molecule has 3 heterocycles. The number of pyridine rings is 2. The normalized spacial score (nSPS) is 12.5. The van der Waals surface area contributed by atoms with Crippen molar-refractivity contribution in [1.82, 2.24) is 9.97 Å². The van der Waals surface area contributed by atoms with Crippen LogP contribution in [0.4, 0.5) is 21.6 Å². The fourth-order valence-electron chi connectivity index (χ4n) is 3.02. The van der Waals surface area contributed by atoms with Gasteiger partial charge in [-0.2, -0.15) is 0 Å². The second-order valence-corrected chi connectivity index (χ2v) is 6.53. The lowest BCUT2D eigenvalue weighted by molar-refractivity contribution is -0.115. The molecule has 1 aromatic carbocycles. The molecular weight excluding hydrogens is 387 g/mol. The van der Waals surface area contributed by atoms with Crippen LogP contribution < -0.4 is 20.9 Å². The number of nitrogens with one attached hydrogen (secondary N) is 3. The van der Waals surface area contributed by atoms with Gasteiger partial charge < -0.3 is 15.4 Å². The molecule has 0 saturated carbocycles. The number of benzene rings is 1. The number of hydrogen-bond acceptors (Lipinski definition) is 5. The minimum Gasteiger partial charge on any atom is -0.481 e. The van der Waals surface area contributed by atoms with Crippen molar-refractivity contribution in [2.24, 2.45) is 0 Å². The Kier molecular flexibility index (Phi) is 4.48. The molecule has 0 unspecified atom stereocenters. The largest absolute Gasteiger partial charge is 0.481 e. The molecule has 0 aliphatic carbocycles. The number of ether oxygens (including phenoxy) is 1. The van der Waals surface area contributed by atoms with E-state index in [-0.39, 0.29) is 28.8 Å². The molecule has 3 aromatic rings. The zero-order valence-corrected chi connectivity index (χ0v) is 15.4. The summed E-state index contributed by atoms with van der Waals surface area (Å²) in [6.45, 7) is 0. The van der Waals surface area contributed by atoms with E-state index in [1.54, 1.807) is 18.3 Å². The van der Waals surface area contributed by atoms with Gasteiger partial charge in [0, 0.05) is 23.0 Å². The van der Waals surface area contributed by atoms with E-state index in [0.29, 0.717) is 28.3 Å². The third-order valence-electron chi connectivity index (χ3n) is 4.36. The first-order valence-electron chi connectivity index (χ1n) is 8.27. The van der Waals surface area contributed by atoms with Crippen LogP contribution in [0.25, 0.3) is 11.1 Å². The van der Waals surface area contributed by atoms with Crippen LogP contribution in [0.5, 0.6) is 5.88 Å². The summed E-state index contributed by atoms with van der Waals surface area (Å²) in [5.41, 5.74) is 2.15. The second kappa shape index (κ2) is 6.97. The minimum absolute atomic E-state index is 0.0845. The van der Waals surface area contributed by atoms with E-state index in [1.807, 2.05) is 0 Å². The van der Waals surface area contributed by atoms with E-state index >= 15 is 0 Å². The highest BCUT2D eigenvalue weighted by atomic mass is 35.5. The van der Waals surface area contributed by atoms with Gasteiger partial charge in [0.05, 0.1) is 18.6 Å². The summed E-state index contributed by atoms with van der Waals surface area (Å²) in [5.74, 6) is -0.0150. The zero-order chi connectivity index (χ0) is 19.8. The standard InChI is InChI=1S/C19H14ClFN4O3/c1-28-19-15(23-14-4-5-22-17-11(14)8-16(26)24-17)7-10(18(27)25-19)9-2-3-13(21)12(20)6-9/h2-7H,8H2,1H3,(H,25,27)(H2,22,23,24,26). The number of aromatic nitrogens is 2. The van der Waals surface area contributed by atoms with Crippen LogP contribution in [0.15, 0.2) is 41.3 Å². The maximum absolute atomic E-state index is 13.5. The molecular formula is C19H14ClFN4O3. The maximum Gasteiger partial charge on any atom is 0.258 e. The highest BCUT2D eigenvalue weighted by molar-refractivity contribution is 6.31. The summed E-state index contributed by atoms with van der Waals surface area (Å²) in [7, 11) is 1.42. The Hall–Kier alpha value is -3.39. The van der Waals surface area contributed by atoms with Crippen LogP contribution in [-0.4, -0.2) is 23.0 Å². The number of H-pyrrole nitrogens is 1. The minimum atomic E-state index is -0.571. The van der Waals surface area contributed by atoms with Gasteiger partial charge in [0.1, 0.15) is 17.3 Å². The molecule has 0 atom stereocenters. The highest BCUT2D eigenvalue weighted by Crippen LogP contribution is 2.34. The Balaban J connectivity index is 1.79. The van der Waals surface area contributed by atoms with Crippen LogP contribution in [0.3, 0.4) is 0 Å². The Morgan fingerprint density at radius 1 is 1.21 bits per heavy atom. The molecule has 0 bridgehead atoms. The van der Waals surface area contributed by atoms with Gasteiger partial charge in [-0.05, 0) is 29.8 Å². The number of methoxy groups -OCH3 is 1. The molecule has 1 aliphatic rings. The number of amides is 1. The molecule has 1 aliphatic heterocycles. The lowest BCUT2D eigenvalue weighted by atomic mass is 10.1. The van der Waals surface area contributed by atoms with E-state index in [4.69, 9.17) is 16.3 Å². The molecule has 0 spiro atoms. The lowest BCUT2D eigenvalue weighted by Gasteiger charge is -2.14. The van der Waals surface area contributed by atoms with Crippen molar-refractivity contribution < 1.29 is 13.9 Å². The number of nitrogens with zero attached hydrogens (tertiary/aromatic N) is 1. The zero-order valence-electron chi connectivity index (χ0n) is 14.6. The first-order valence-corrected chi connectivity index (χ1v) is 8.65. The number of halogens is 2. The molecule has 1 amide bonds. The predicted molar refractivity (Wildman–Crippen MR) is 104 cm³/mol. The van der Waals surface area contributed by atoms with Gasteiger partial charge in [-0.3, -0.25) is 14.6 Å². The van der Waals surface area contributed by atoms with Crippen LogP contribution in [0.2, 0.25) is 5.02 Å². The molecule has 7 nitrogen and oxygen atoms in total. The Morgan fingerprint density at radius 2 is 2.04 bits per heavy atom. The SMILES string of the molecule is COc1[nH]c(=O)c(-c2ccc(F)c(Cl)c2)cc1Nc1ccnc2c1CC(=O)N2. The van der Waals surface area contributed by atoms with E-state index in [2.05, 4.69) is 20.6 Å². The lowest BCUT2D eigenvalue weighted by Crippen LogP contribution is -2.12. The summed E-state index contributed by atoms with van der Waals surface area (Å²) < 4.78 is 18.7. The van der Waals surface area contributed by atoms with Crippen molar-refractivity contribution in [3.05, 3.63) is 63.3 Å². The number of anilines is 3. The van der Waals surface area contributed by atoms with E-state index in [1.165, 1.54) is 25.3 Å². The smallest absolute Gasteiger partial charge is 0.258 e. The second-order valence-electron chi connectivity index (χ2n) is 6.12. The van der Waals surface area contributed by atoms with Gasteiger partial charge in [-0.25, -0.2) is 9.37 Å². The quantitative estimate of drug-likeness (QED) is 0.623. The van der Waals surface area contributed by atoms with Gasteiger partial charge in [0.2, 0.25) is 11.8 Å². The van der Waals surface area contributed by atoms with Gasteiger partial charge in [0.15, 0.2) is 0 Å². The van der Waals surface area contributed by atoms with Crippen LogP contribution in [-0.2, 0) is 11.2 Å².